The van der Waals surface area contributed by atoms with Crippen LogP contribution in [-0.4, -0.2) is 23.5 Å². The van der Waals surface area contributed by atoms with Gasteiger partial charge in [0.05, 0.1) is 12.9 Å². The Kier molecular flexibility index (Phi) is 2.97. The van der Waals surface area contributed by atoms with E-state index >= 15 is 0 Å². The van der Waals surface area contributed by atoms with E-state index in [2.05, 4.69) is 4.79 Å². The van der Waals surface area contributed by atoms with Gasteiger partial charge in [-0.1, -0.05) is 18.2 Å². The lowest BCUT2D eigenvalue weighted by Crippen LogP contribution is -2.26. The molecule has 0 aromatic heterocycles. The van der Waals surface area contributed by atoms with Crippen molar-refractivity contribution in [1.29, 1.82) is 0 Å². The van der Waals surface area contributed by atoms with Crippen LogP contribution in [0.15, 0.2) is 53.9 Å². The van der Waals surface area contributed by atoms with Gasteiger partial charge in [0.25, 0.3) is 0 Å². The van der Waals surface area contributed by atoms with Crippen LogP contribution in [-0.2, 0) is 9.53 Å². The fourth-order valence-corrected chi connectivity index (χ4v) is 2.62. The van der Waals surface area contributed by atoms with Crippen molar-refractivity contribution in [1.82, 2.24) is 0 Å². The number of benzene rings is 1. The van der Waals surface area contributed by atoms with Gasteiger partial charge in [0.2, 0.25) is 0 Å². The van der Waals surface area contributed by atoms with Crippen molar-refractivity contribution in [2.45, 2.75) is 6.42 Å². The van der Waals surface area contributed by atoms with Crippen molar-refractivity contribution in [2.75, 3.05) is 12.0 Å². The molecule has 1 heterocycles. The van der Waals surface area contributed by atoms with Gasteiger partial charge in [-0.2, -0.15) is 4.79 Å². The molecule has 0 saturated carbocycles. The number of nitrogens with zero attached hydrogens (tertiary/aromatic N) is 3. The summed E-state index contributed by atoms with van der Waals surface area (Å²) in [4.78, 5) is 17.2. The van der Waals surface area contributed by atoms with Crippen LogP contribution < -0.4 is 4.90 Å². The first kappa shape index (κ1) is 12.4. The number of allylic oxidation sites excluding steroid dienone is 4. The normalized spacial score (nSPS) is 21.1. The number of anilines is 1. The summed E-state index contributed by atoms with van der Waals surface area (Å²) in [5.41, 5.74) is 10.9. The van der Waals surface area contributed by atoms with Gasteiger partial charge in [0.1, 0.15) is 5.92 Å². The monoisotopic (exact) mass is 267 g/mol. The molecule has 1 atom stereocenters. The summed E-state index contributed by atoms with van der Waals surface area (Å²) >= 11 is 0. The Balaban J connectivity index is 2.11. The first-order valence-electron chi connectivity index (χ1n) is 6.32. The second-order valence-electron chi connectivity index (χ2n) is 4.65. The Morgan fingerprint density at radius 1 is 1.30 bits per heavy atom. The summed E-state index contributed by atoms with van der Waals surface area (Å²) < 4.78 is 5.22. The predicted molar refractivity (Wildman–Crippen MR) is 73.8 cm³/mol. The number of carbonyl (C=O) groups excluding carboxylic acids is 1. The number of ether oxygens (including phenoxy) is 1. The van der Waals surface area contributed by atoms with E-state index in [1.54, 1.807) is 12.0 Å². The number of hydrogen-bond acceptors (Lipinski definition) is 2. The molecule has 0 bridgehead atoms. The van der Waals surface area contributed by atoms with Crippen LogP contribution in [0.5, 0.6) is 0 Å². The molecule has 20 heavy (non-hydrogen) atoms. The minimum Gasteiger partial charge on any atom is -0.501 e. The van der Waals surface area contributed by atoms with Gasteiger partial charge in [-0.05, 0) is 24.3 Å². The first-order chi connectivity index (χ1) is 9.76. The molecule has 5 heteroatoms. The van der Waals surface area contributed by atoms with E-state index in [4.69, 9.17) is 10.3 Å². The number of rotatable bonds is 2. The van der Waals surface area contributed by atoms with Crippen LogP contribution in [0.1, 0.15) is 6.42 Å². The molecule has 1 saturated heterocycles. The van der Waals surface area contributed by atoms with Crippen LogP contribution >= 0.6 is 0 Å². The minimum absolute atomic E-state index is 0.155. The first-order valence-corrected chi connectivity index (χ1v) is 6.32. The van der Waals surface area contributed by atoms with Crippen LogP contribution in [0.3, 0.4) is 0 Å². The summed E-state index contributed by atoms with van der Waals surface area (Å²) in [5, 5.41) is 0. The van der Waals surface area contributed by atoms with Gasteiger partial charge in [-0.3, -0.25) is 9.69 Å². The largest absolute Gasteiger partial charge is 0.501 e. The van der Waals surface area contributed by atoms with Crippen molar-refractivity contribution >= 4 is 17.3 Å². The molecule has 0 N–H and O–H groups in total. The number of carbonyl (C=O) groups is 1. The second-order valence-corrected chi connectivity index (χ2v) is 4.65. The van der Waals surface area contributed by atoms with E-state index in [0.717, 1.165) is 17.1 Å². The van der Waals surface area contributed by atoms with Gasteiger partial charge >= 0.3 is 11.6 Å². The average Bonchev–Trinajstić information content (AvgIpc) is 2.78. The standard InChI is InChI=1S/C15H13N3O2/c1-20-11-7-8-13-12(9-11)14(17-16)15(19)18(13)10-5-3-2-4-6-10/h2-8,12H,9H2,1H3. The molecule has 1 aliphatic heterocycles. The van der Waals surface area contributed by atoms with Gasteiger partial charge in [0, 0.05) is 17.8 Å². The van der Waals surface area contributed by atoms with E-state index in [-0.39, 0.29) is 17.5 Å². The molecule has 5 nitrogen and oxygen atoms in total. The van der Waals surface area contributed by atoms with E-state index in [9.17, 15) is 4.79 Å². The molecule has 1 aromatic carbocycles. The fourth-order valence-electron chi connectivity index (χ4n) is 2.62. The van der Waals surface area contributed by atoms with Crippen LogP contribution in [0.2, 0.25) is 0 Å². The molecule has 100 valence electrons. The van der Waals surface area contributed by atoms with Gasteiger partial charge in [-0.15, -0.1) is 0 Å². The third kappa shape index (κ3) is 1.76. The Morgan fingerprint density at radius 3 is 2.70 bits per heavy atom. The van der Waals surface area contributed by atoms with Crippen molar-refractivity contribution < 1.29 is 14.3 Å². The smallest absolute Gasteiger partial charge is 0.366 e. The van der Waals surface area contributed by atoms with Gasteiger partial charge < -0.3 is 10.3 Å². The fraction of sp³-hybridized carbons (Fsp3) is 0.200. The molecule has 1 aliphatic carbocycles. The van der Waals surface area contributed by atoms with E-state index in [1.807, 2.05) is 42.5 Å². The quantitative estimate of drug-likeness (QED) is 0.608. The van der Waals surface area contributed by atoms with Gasteiger partial charge in [0.15, 0.2) is 0 Å². The topological polar surface area (TPSA) is 65.9 Å². The number of para-hydroxylation sites is 1. The number of methoxy groups -OCH3 is 1. The highest BCUT2D eigenvalue weighted by Gasteiger charge is 2.49. The zero-order valence-corrected chi connectivity index (χ0v) is 11.0. The van der Waals surface area contributed by atoms with E-state index < -0.39 is 0 Å². The number of fused-ring (bicyclic) bond motifs is 1. The molecular weight excluding hydrogens is 254 g/mol. The lowest BCUT2D eigenvalue weighted by Gasteiger charge is -2.21. The highest BCUT2D eigenvalue weighted by atomic mass is 16.5. The predicted octanol–water partition coefficient (Wildman–Crippen LogP) is 2.14. The molecule has 1 fully saturated rings. The molecule has 0 spiro atoms. The Bertz CT molecular complexity index is 670. The maximum absolute atomic E-state index is 12.4. The zero-order valence-electron chi connectivity index (χ0n) is 11.0. The zero-order chi connectivity index (χ0) is 14.1. The van der Waals surface area contributed by atoms with Crippen molar-refractivity contribution in [2.24, 2.45) is 5.92 Å². The SMILES string of the molecule is COC1=CC=C2C(C1)C(=[N+]=[N-])C(=O)N2c1ccccc1. The maximum Gasteiger partial charge on any atom is 0.366 e. The lowest BCUT2D eigenvalue weighted by molar-refractivity contribution is -0.115. The maximum atomic E-state index is 12.4. The van der Waals surface area contributed by atoms with E-state index in [1.165, 1.54) is 0 Å². The van der Waals surface area contributed by atoms with Crippen LogP contribution in [0.4, 0.5) is 5.69 Å². The molecular formula is C15H13N3O2. The van der Waals surface area contributed by atoms with Crippen molar-refractivity contribution in [3.8, 4) is 0 Å². The second kappa shape index (κ2) is 4.79. The molecule has 1 unspecified atom stereocenters. The lowest BCUT2D eigenvalue weighted by atomic mass is 9.94. The third-order valence-corrected chi connectivity index (χ3v) is 3.60. The summed E-state index contributed by atoms with van der Waals surface area (Å²) in [6.07, 6.45) is 4.21. The highest BCUT2D eigenvalue weighted by Crippen LogP contribution is 2.37. The summed E-state index contributed by atoms with van der Waals surface area (Å²) in [6.45, 7) is 0. The number of amides is 1. The third-order valence-electron chi connectivity index (χ3n) is 3.60. The molecule has 3 rings (SSSR count). The van der Waals surface area contributed by atoms with Crippen molar-refractivity contribution in [3.63, 3.8) is 0 Å². The molecule has 0 radical (unpaired) electrons. The van der Waals surface area contributed by atoms with Crippen molar-refractivity contribution in [3.05, 3.63) is 59.5 Å². The molecule has 1 amide bonds. The van der Waals surface area contributed by atoms with Gasteiger partial charge in [-0.25, -0.2) is 0 Å². The minimum atomic E-state index is -0.291. The number of hydrogen-bond donors (Lipinski definition) is 0. The summed E-state index contributed by atoms with van der Waals surface area (Å²) in [5.74, 6) is 0.218. The Hall–Kier alpha value is -2.65. The molecule has 2 aliphatic rings. The highest BCUT2D eigenvalue weighted by molar-refractivity contribution is 6.46. The average molecular weight is 267 g/mol. The summed E-state index contributed by atoms with van der Waals surface area (Å²) in [6, 6.07) is 9.33. The van der Waals surface area contributed by atoms with E-state index in [0.29, 0.717) is 6.42 Å². The van der Waals surface area contributed by atoms with Crippen LogP contribution in [0.25, 0.3) is 5.53 Å². The molecule has 1 aromatic rings. The Morgan fingerprint density at radius 2 is 2.05 bits per heavy atom. The summed E-state index contributed by atoms with van der Waals surface area (Å²) in [7, 11) is 1.59. The Labute approximate surface area is 116 Å². The van der Waals surface area contributed by atoms with Crippen LogP contribution in [0, 0.1) is 5.92 Å².